The van der Waals surface area contributed by atoms with E-state index in [1.54, 1.807) is 4.90 Å². The second-order valence-corrected chi connectivity index (χ2v) is 6.65. The first-order valence-electron chi connectivity index (χ1n) is 7.09. The molecule has 0 aliphatic carbocycles. The van der Waals surface area contributed by atoms with Gasteiger partial charge in [-0.2, -0.15) is 0 Å². The molecule has 2 heterocycles. The Hall–Kier alpha value is -1.26. The summed E-state index contributed by atoms with van der Waals surface area (Å²) in [5.74, 6) is 0.144. The average Bonchev–Trinajstić information content (AvgIpc) is 2.52. The lowest BCUT2D eigenvalue weighted by atomic mass is 9.89. The summed E-state index contributed by atoms with van der Waals surface area (Å²) in [6.07, 6.45) is 3.98. The van der Waals surface area contributed by atoms with Crippen molar-refractivity contribution in [2.45, 2.75) is 64.0 Å². The van der Waals surface area contributed by atoms with Gasteiger partial charge in [-0.1, -0.05) is 0 Å². The van der Waals surface area contributed by atoms with Crippen LogP contribution in [0.3, 0.4) is 0 Å². The van der Waals surface area contributed by atoms with E-state index in [4.69, 9.17) is 4.74 Å². The van der Waals surface area contributed by atoms with Crippen LogP contribution in [0.2, 0.25) is 0 Å². The third-order valence-corrected chi connectivity index (χ3v) is 3.83. The van der Waals surface area contributed by atoms with Gasteiger partial charge in [0.15, 0.2) is 0 Å². The van der Waals surface area contributed by atoms with Crippen LogP contribution in [0.1, 0.15) is 52.9 Å². The average molecular weight is 268 g/mol. The van der Waals surface area contributed by atoms with Crippen LogP contribution in [0.4, 0.5) is 4.79 Å². The summed E-state index contributed by atoms with van der Waals surface area (Å²) in [4.78, 5) is 25.2. The maximum atomic E-state index is 12.1. The van der Waals surface area contributed by atoms with E-state index in [0.717, 1.165) is 25.7 Å². The van der Waals surface area contributed by atoms with Gasteiger partial charge in [-0.25, -0.2) is 4.79 Å². The van der Waals surface area contributed by atoms with Gasteiger partial charge in [0, 0.05) is 25.0 Å². The van der Waals surface area contributed by atoms with Crippen molar-refractivity contribution in [2.75, 3.05) is 13.1 Å². The predicted octanol–water partition coefficient (Wildman–Crippen LogP) is 2.06. The summed E-state index contributed by atoms with van der Waals surface area (Å²) in [6.45, 7) is 7.01. The van der Waals surface area contributed by atoms with Crippen molar-refractivity contribution in [3.8, 4) is 0 Å². The zero-order valence-electron chi connectivity index (χ0n) is 12.1. The van der Waals surface area contributed by atoms with Crippen molar-refractivity contribution in [3.63, 3.8) is 0 Å². The molecule has 2 aliphatic rings. The summed E-state index contributed by atoms with van der Waals surface area (Å²) in [5.41, 5.74) is -0.531. The predicted molar refractivity (Wildman–Crippen MR) is 71.8 cm³/mol. The molecule has 0 radical (unpaired) electrons. The van der Waals surface area contributed by atoms with Crippen molar-refractivity contribution in [1.82, 2.24) is 10.2 Å². The summed E-state index contributed by atoms with van der Waals surface area (Å²) < 4.78 is 5.40. The largest absolute Gasteiger partial charge is 0.444 e. The van der Waals surface area contributed by atoms with Crippen molar-refractivity contribution in [1.29, 1.82) is 0 Å². The molecule has 2 aliphatic heterocycles. The molecule has 19 heavy (non-hydrogen) atoms. The van der Waals surface area contributed by atoms with Gasteiger partial charge in [-0.3, -0.25) is 4.79 Å². The van der Waals surface area contributed by atoms with E-state index < -0.39 is 5.60 Å². The number of carbonyl (C=O) groups is 2. The first-order valence-corrected chi connectivity index (χ1v) is 7.09. The number of hydrogen-bond acceptors (Lipinski definition) is 3. The summed E-state index contributed by atoms with van der Waals surface area (Å²) in [7, 11) is 0. The molecule has 1 N–H and O–H groups in total. The molecule has 0 saturated carbocycles. The fourth-order valence-corrected chi connectivity index (χ4v) is 2.85. The minimum Gasteiger partial charge on any atom is -0.444 e. The second-order valence-electron chi connectivity index (χ2n) is 6.65. The summed E-state index contributed by atoms with van der Waals surface area (Å²) >= 11 is 0. The molecule has 0 aromatic carbocycles. The van der Waals surface area contributed by atoms with Crippen LogP contribution in [-0.4, -0.2) is 41.1 Å². The molecule has 108 valence electrons. The lowest BCUT2D eigenvalue weighted by Gasteiger charge is -2.28. The van der Waals surface area contributed by atoms with Gasteiger partial charge in [-0.05, 0) is 46.5 Å². The van der Waals surface area contributed by atoms with Crippen LogP contribution >= 0.6 is 0 Å². The molecule has 2 rings (SSSR count). The van der Waals surface area contributed by atoms with Gasteiger partial charge in [0.2, 0.25) is 5.91 Å². The van der Waals surface area contributed by atoms with Gasteiger partial charge in [0.25, 0.3) is 0 Å². The Morgan fingerprint density at radius 3 is 2.58 bits per heavy atom. The molecule has 2 saturated heterocycles. The minimum atomic E-state index is -0.456. The van der Waals surface area contributed by atoms with E-state index in [0.29, 0.717) is 19.5 Å². The maximum absolute atomic E-state index is 12.1. The Bertz CT molecular complexity index is 375. The zero-order valence-corrected chi connectivity index (χ0v) is 12.1. The Labute approximate surface area is 114 Å². The van der Waals surface area contributed by atoms with Gasteiger partial charge in [0.1, 0.15) is 5.60 Å². The molecule has 0 unspecified atom stereocenters. The summed E-state index contributed by atoms with van der Waals surface area (Å²) in [6, 6.07) is 0. The van der Waals surface area contributed by atoms with E-state index in [1.807, 2.05) is 20.8 Å². The van der Waals surface area contributed by atoms with E-state index in [9.17, 15) is 9.59 Å². The van der Waals surface area contributed by atoms with Crippen LogP contribution in [0.5, 0.6) is 0 Å². The highest BCUT2D eigenvalue weighted by Gasteiger charge is 2.39. The number of nitrogens with zero attached hydrogens (tertiary/aromatic N) is 1. The SMILES string of the molecule is CC(C)(C)OC(=O)N1CCC[C@]2(CCC(=O)N2)CC1. The Morgan fingerprint density at radius 1 is 1.26 bits per heavy atom. The lowest BCUT2D eigenvalue weighted by molar-refractivity contribution is -0.119. The highest BCUT2D eigenvalue weighted by molar-refractivity contribution is 5.79. The quantitative estimate of drug-likeness (QED) is 0.731. The lowest BCUT2D eigenvalue weighted by Crippen LogP contribution is -2.43. The van der Waals surface area contributed by atoms with Gasteiger partial charge in [0.05, 0.1) is 0 Å². The molecule has 0 aromatic rings. The molecular formula is C14H24N2O3. The Kier molecular flexibility index (Phi) is 3.74. The molecule has 5 nitrogen and oxygen atoms in total. The first kappa shape index (κ1) is 14.2. The highest BCUT2D eigenvalue weighted by atomic mass is 16.6. The number of amides is 2. The number of likely N-dealkylation sites (tertiary alicyclic amines) is 1. The van der Waals surface area contributed by atoms with E-state index >= 15 is 0 Å². The van der Waals surface area contributed by atoms with Crippen molar-refractivity contribution in [3.05, 3.63) is 0 Å². The number of nitrogens with one attached hydrogen (secondary N) is 1. The Morgan fingerprint density at radius 2 is 2.00 bits per heavy atom. The number of ether oxygens (including phenoxy) is 1. The van der Waals surface area contributed by atoms with E-state index in [2.05, 4.69) is 5.32 Å². The smallest absolute Gasteiger partial charge is 0.410 e. The van der Waals surface area contributed by atoms with Gasteiger partial charge >= 0.3 is 6.09 Å². The van der Waals surface area contributed by atoms with E-state index in [-0.39, 0.29) is 17.5 Å². The molecule has 1 atom stereocenters. The van der Waals surface area contributed by atoms with Crippen molar-refractivity contribution >= 4 is 12.0 Å². The van der Waals surface area contributed by atoms with E-state index in [1.165, 1.54) is 0 Å². The van der Waals surface area contributed by atoms with Gasteiger partial charge in [-0.15, -0.1) is 0 Å². The zero-order chi connectivity index (χ0) is 14.1. The number of rotatable bonds is 0. The Balaban J connectivity index is 1.93. The fraction of sp³-hybridized carbons (Fsp3) is 0.857. The molecule has 0 aromatic heterocycles. The van der Waals surface area contributed by atoms with Gasteiger partial charge < -0.3 is 15.0 Å². The molecule has 2 amide bonds. The third-order valence-electron chi connectivity index (χ3n) is 3.83. The van der Waals surface area contributed by atoms with Crippen LogP contribution < -0.4 is 5.32 Å². The van der Waals surface area contributed by atoms with Crippen LogP contribution in [0.25, 0.3) is 0 Å². The highest BCUT2D eigenvalue weighted by Crippen LogP contribution is 2.31. The van der Waals surface area contributed by atoms with Crippen molar-refractivity contribution in [2.24, 2.45) is 0 Å². The topological polar surface area (TPSA) is 58.6 Å². The fourth-order valence-electron chi connectivity index (χ4n) is 2.85. The van der Waals surface area contributed by atoms with Crippen molar-refractivity contribution < 1.29 is 14.3 Å². The standard InChI is InChI=1S/C14H24N2O3/c1-13(2,3)19-12(18)16-9-4-6-14(8-10-16)7-5-11(17)15-14/h4-10H2,1-3H3,(H,15,17)/t14-/m0/s1. The second kappa shape index (κ2) is 5.02. The molecule has 0 bridgehead atoms. The summed E-state index contributed by atoms with van der Waals surface area (Å²) in [5, 5.41) is 3.10. The van der Waals surface area contributed by atoms with Crippen LogP contribution in [0, 0.1) is 0 Å². The third kappa shape index (κ3) is 3.61. The number of hydrogen-bond donors (Lipinski definition) is 1. The normalized spacial score (nSPS) is 28.2. The molecular weight excluding hydrogens is 244 g/mol. The monoisotopic (exact) mass is 268 g/mol. The number of carbonyl (C=O) groups excluding carboxylic acids is 2. The first-order chi connectivity index (χ1) is 8.80. The maximum Gasteiger partial charge on any atom is 0.410 e. The van der Waals surface area contributed by atoms with Crippen LogP contribution in [-0.2, 0) is 9.53 Å². The van der Waals surface area contributed by atoms with Crippen LogP contribution in [0.15, 0.2) is 0 Å². The molecule has 1 spiro atoms. The molecule has 2 fully saturated rings. The minimum absolute atomic E-state index is 0.0755. The molecule has 5 heteroatoms.